The van der Waals surface area contributed by atoms with Gasteiger partial charge in [0.15, 0.2) is 0 Å². The summed E-state index contributed by atoms with van der Waals surface area (Å²) in [6.07, 6.45) is 2.37. The van der Waals surface area contributed by atoms with Gasteiger partial charge in [-0.05, 0) is 31.5 Å². The van der Waals surface area contributed by atoms with Crippen LogP contribution in [0.1, 0.15) is 13.3 Å². The zero-order chi connectivity index (χ0) is 14.4. The van der Waals surface area contributed by atoms with Gasteiger partial charge in [0, 0.05) is 24.2 Å². The summed E-state index contributed by atoms with van der Waals surface area (Å²) in [5, 5.41) is 12.8. The van der Waals surface area contributed by atoms with Crippen molar-refractivity contribution in [3.8, 4) is 5.75 Å². The number of nitrogens with one attached hydrogen (secondary N) is 2. The lowest BCUT2D eigenvalue weighted by Crippen LogP contribution is -2.12. The Balaban J connectivity index is 1.93. The molecule has 0 saturated carbocycles. The first-order valence-corrected chi connectivity index (χ1v) is 6.51. The van der Waals surface area contributed by atoms with Crippen LogP contribution in [0.25, 0.3) is 10.9 Å². The number of aromatic nitrogens is 1. The standard InChI is InChI=1S/C15H18N2O3/c1-11(18)10-16-8-3-9-20-14-5-2-4-13-12(14)6-7-15(19)17-13/h2,4-7,10,16,18H,3,8-9H2,1H3,(H,17,19). The van der Waals surface area contributed by atoms with Crippen molar-refractivity contribution in [2.75, 3.05) is 13.2 Å². The van der Waals surface area contributed by atoms with Gasteiger partial charge in [0.2, 0.25) is 5.56 Å². The number of fused-ring (bicyclic) bond motifs is 1. The molecule has 1 aromatic heterocycles. The molecule has 0 unspecified atom stereocenters. The Bertz CT molecular complexity index is 657. The van der Waals surface area contributed by atoms with E-state index >= 15 is 0 Å². The van der Waals surface area contributed by atoms with Crippen LogP contribution in [0.15, 0.2) is 47.1 Å². The molecule has 3 N–H and O–H groups in total. The summed E-state index contributed by atoms with van der Waals surface area (Å²) in [5.74, 6) is 1.01. The molecule has 5 heteroatoms. The van der Waals surface area contributed by atoms with Gasteiger partial charge in [-0.25, -0.2) is 0 Å². The van der Waals surface area contributed by atoms with E-state index in [9.17, 15) is 4.79 Å². The Labute approximate surface area is 116 Å². The first kappa shape index (κ1) is 14.0. The number of aliphatic hydroxyl groups is 1. The van der Waals surface area contributed by atoms with Gasteiger partial charge < -0.3 is 20.1 Å². The smallest absolute Gasteiger partial charge is 0.248 e. The summed E-state index contributed by atoms with van der Waals surface area (Å²) < 4.78 is 5.72. The first-order valence-electron chi connectivity index (χ1n) is 6.51. The summed E-state index contributed by atoms with van der Waals surface area (Å²) in [5.41, 5.74) is 0.650. The third-order valence-electron chi connectivity index (χ3n) is 2.76. The minimum atomic E-state index is -0.120. The number of hydrogen-bond donors (Lipinski definition) is 3. The molecule has 1 aromatic carbocycles. The van der Waals surface area contributed by atoms with Crippen LogP contribution < -0.4 is 15.6 Å². The normalized spacial score (nSPS) is 11.6. The van der Waals surface area contributed by atoms with Gasteiger partial charge in [0.05, 0.1) is 12.1 Å². The van der Waals surface area contributed by atoms with Crippen LogP contribution in [-0.4, -0.2) is 23.2 Å². The number of benzene rings is 1. The van der Waals surface area contributed by atoms with Gasteiger partial charge in [-0.1, -0.05) is 6.07 Å². The molecule has 0 bridgehead atoms. The highest BCUT2D eigenvalue weighted by Crippen LogP contribution is 2.22. The minimum absolute atomic E-state index is 0.120. The second kappa shape index (κ2) is 6.65. The summed E-state index contributed by atoms with van der Waals surface area (Å²) in [7, 11) is 0. The molecule has 5 nitrogen and oxygen atoms in total. The highest BCUT2D eigenvalue weighted by Gasteiger charge is 2.02. The lowest BCUT2D eigenvalue weighted by atomic mass is 10.2. The molecule has 0 atom stereocenters. The van der Waals surface area contributed by atoms with Gasteiger partial charge in [-0.2, -0.15) is 0 Å². The topological polar surface area (TPSA) is 74.3 Å². The fourth-order valence-corrected chi connectivity index (χ4v) is 1.86. The molecule has 0 aliphatic heterocycles. The summed E-state index contributed by atoms with van der Waals surface area (Å²) in [6, 6.07) is 8.83. The van der Waals surface area contributed by atoms with Crippen molar-refractivity contribution in [3.63, 3.8) is 0 Å². The molecule has 0 spiro atoms. The molecule has 0 fully saturated rings. The first-order chi connectivity index (χ1) is 9.66. The molecule has 0 radical (unpaired) electrons. The molecule has 2 rings (SSSR count). The van der Waals surface area contributed by atoms with E-state index in [2.05, 4.69) is 10.3 Å². The fraction of sp³-hybridized carbons (Fsp3) is 0.267. The third kappa shape index (κ3) is 3.78. The van der Waals surface area contributed by atoms with E-state index in [1.165, 1.54) is 6.07 Å². The van der Waals surface area contributed by atoms with Gasteiger partial charge >= 0.3 is 0 Å². The number of H-pyrrole nitrogens is 1. The number of allylic oxidation sites excluding steroid dienone is 1. The van der Waals surface area contributed by atoms with Crippen LogP contribution in [0.4, 0.5) is 0 Å². The van der Waals surface area contributed by atoms with E-state index in [1.54, 1.807) is 19.2 Å². The van der Waals surface area contributed by atoms with Crippen LogP contribution in [0.2, 0.25) is 0 Å². The number of hydrogen-bond acceptors (Lipinski definition) is 4. The third-order valence-corrected chi connectivity index (χ3v) is 2.76. The minimum Gasteiger partial charge on any atom is -0.511 e. The van der Waals surface area contributed by atoms with Gasteiger partial charge in [0.1, 0.15) is 11.5 Å². The van der Waals surface area contributed by atoms with E-state index in [4.69, 9.17) is 9.84 Å². The van der Waals surface area contributed by atoms with Crippen molar-refractivity contribution in [3.05, 3.63) is 52.6 Å². The molecule has 20 heavy (non-hydrogen) atoms. The number of ether oxygens (including phenoxy) is 1. The lowest BCUT2D eigenvalue weighted by Gasteiger charge is -2.09. The summed E-state index contributed by atoms with van der Waals surface area (Å²) >= 11 is 0. The highest BCUT2D eigenvalue weighted by molar-refractivity contribution is 5.84. The maximum absolute atomic E-state index is 11.3. The molecule has 0 saturated heterocycles. The van der Waals surface area contributed by atoms with Gasteiger partial charge in [-0.15, -0.1) is 0 Å². The summed E-state index contributed by atoms with van der Waals surface area (Å²) in [4.78, 5) is 14.0. The number of aliphatic hydroxyl groups excluding tert-OH is 1. The van der Waals surface area contributed by atoms with Crippen molar-refractivity contribution in [2.45, 2.75) is 13.3 Å². The maximum atomic E-state index is 11.3. The van der Waals surface area contributed by atoms with Crippen LogP contribution >= 0.6 is 0 Å². The van der Waals surface area contributed by atoms with Crippen molar-refractivity contribution < 1.29 is 9.84 Å². The lowest BCUT2D eigenvalue weighted by molar-refractivity contribution is 0.313. The second-order valence-electron chi connectivity index (χ2n) is 4.48. The van der Waals surface area contributed by atoms with Crippen molar-refractivity contribution in [1.29, 1.82) is 0 Å². The second-order valence-corrected chi connectivity index (χ2v) is 4.48. The Morgan fingerprint density at radius 3 is 3.05 bits per heavy atom. The van der Waals surface area contributed by atoms with Crippen molar-refractivity contribution >= 4 is 10.9 Å². The molecule has 0 amide bonds. The predicted molar refractivity (Wildman–Crippen MR) is 79.1 cm³/mol. The van der Waals surface area contributed by atoms with Gasteiger partial charge in [-0.3, -0.25) is 4.79 Å². The predicted octanol–water partition coefficient (Wildman–Crippen LogP) is 2.31. The molecule has 106 valence electrons. The Hall–Kier alpha value is -2.43. The quantitative estimate of drug-likeness (QED) is 0.558. The average molecular weight is 274 g/mol. The van der Waals surface area contributed by atoms with Crippen molar-refractivity contribution in [1.82, 2.24) is 10.3 Å². The van der Waals surface area contributed by atoms with E-state index in [1.807, 2.05) is 18.2 Å². The monoisotopic (exact) mass is 274 g/mol. The number of pyridine rings is 1. The molecule has 1 heterocycles. The largest absolute Gasteiger partial charge is 0.511 e. The Morgan fingerprint density at radius 1 is 1.40 bits per heavy atom. The van der Waals surface area contributed by atoms with Crippen molar-refractivity contribution in [2.24, 2.45) is 0 Å². The van der Waals surface area contributed by atoms with Crippen LogP contribution in [0.3, 0.4) is 0 Å². The maximum Gasteiger partial charge on any atom is 0.248 e. The summed E-state index contributed by atoms with van der Waals surface area (Å²) in [6.45, 7) is 2.89. The SMILES string of the molecule is CC(O)=CNCCCOc1cccc2[nH]c(=O)ccc12. The Kier molecular flexibility index (Phi) is 4.65. The van der Waals surface area contributed by atoms with Gasteiger partial charge in [0.25, 0.3) is 0 Å². The van der Waals surface area contributed by atoms with Crippen LogP contribution in [0, 0.1) is 0 Å². The molecule has 0 aliphatic carbocycles. The number of rotatable bonds is 6. The fourth-order valence-electron chi connectivity index (χ4n) is 1.86. The zero-order valence-corrected chi connectivity index (χ0v) is 11.3. The van der Waals surface area contributed by atoms with Crippen LogP contribution in [-0.2, 0) is 0 Å². The highest BCUT2D eigenvalue weighted by atomic mass is 16.5. The average Bonchev–Trinajstić information content (AvgIpc) is 2.42. The Morgan fingerprint density at radius 2 is 2.25 bits per heavy atom. The zero-order valence-electron chi connectivity index (χ0n) is 11.3. The number of aromatic amines is 1. The molecule has 0 aliphatic rings. The van der Waals surface area contributed by atoms with E-state index in [-0.39, 0.29) is 11.3 Å². The van der Waals surface area contributed by atoms with E-state index in [0.29, 0.717) is 6.61 Å². The van der Waals surface area contributed by atoms with E-state index in [0.717, 1.165) is 29.6 Å². The molecular formula is C15H18N2O3. The molecular weight excluding hydrogens is 256 g/mol. The van der Waals surface area contributed by atoms with Crippen LogP contribution in [0.5, 0.6) is 5.75 Å². The molecule has 2 aromatic rings. The van der Waals surface area contributed by atoms with E-state index < -0.39 is 0 Å².